The number of nitrogens with zero attached hydrogens (tertiary/aromatic N) is 6. The van der Waals surface area contributed by atoms with Gasteiger partial charge in [0.2, 0.25) is 5.88 Å². The van der Waals surface area contributed by atoms with Crippen LogP contribution in [0.15, 0.2) is 54.9 Å². The summed E-state index contributed by atoms with van der Waals surface area (Å²) in [5.74, 6) is 0.304. The minimum absolute atomic E-state index is 0.0423. The van der Waals surface area contributed by atoms with Crippen molar-refractivity contribution in [2.45, 2.75) is 37.2 Å². The summed E-state index contributed by atoms with van der Waals surface area (Å²) in [4.78, 5) is 2.04. The zero-order chi connectivity index (χ0) is 20.9. The molecule has 4 atom stereocenters. The minimum Gasteiger partial charge on any atom is -0.507 e. The molecule has 2 bridgehead atoms. The van der Waals surface area contributed by atoms with E-state index in [4.69, 9.17) is 4.74 Å². The summed E-state index contributed by atoms with van der Waals surface area (Å²) in [6.45, 7) is 1.88. The van der Waals surface area contributed by atoms with Gasteiger partial charge in [0, 0.05) is 30.2 Å². The molecule has 4 heterocycles. The zero-order valence-electron chi connectivity index (χ0n) is 16.6. The highest BCUT2D eigenvalue weighted by Crippen LogP contribution is 2.41. The van der Waals surface area contributed by atoms with Crippen LogP contribution < -0.4 is 4.74 Å². The van der Waals surface area contributed by atoms with Gasteiger partial charge < -0.3 is 9.84 Å². The van der Waals surface area contributed by atoms with Gasteiger partial charge in [0.25, 0.3) is 0 Å². The molecule has 0 saturated carbocycles. The third-order valence-corrected chi connectivity index (χ3v) is 6.13. The highest BCUT2D eigenvalue weighted by atomic mass is 19.1. The average Bonchev–Trinajstić information content (AvgIpc) is 3.35. The predicted molar refractivity (Wildman–Crippen MR) is 107 cm³/mol. The van der Waals surface area contributed by atoms with Crippen molar-refractivity contribution >= 4 is 0 Å². The molecule has 1 saturated heterocycles. The molecule has 30 heavy (non-hydrogen) atoms. The van der Waals surface area contributed by atoms with Crippen LogP contribution >= 0.6 is 0 Å². The Kier molecular flexibility index (Phi) is 4.28. The molecule has 8 nitrogen and oxygen atoms in total. The van der Waals surface area contributed by atoms with Crippen LogP contribution in [-0.4, -0.2) is 66.1 Å². The number of hydrogen-bond acceptors (Lipinski definition) is 7. The molecular formula is C21H21FN6O2. The first-order chi connectivity index (χ1) is 14.5. The quantitative estimate of drug-likeness (QED) is 0.664. The van der Waals surface area contributed by atoms with E-state index in [-0.39, 0.29) is 17.7 Å². The molecule has 154 valence electrons. The number of fused-ring (bicyclic) bond motifs is 2. The molecule has 1 aromatic carbocycles. The normalized spacial score (nSPS) is 28.0. The first-order valence-electron chi connectivity index (χ1n) is 9.72. The number of alkyl halides is 1. The molecule has 0 spiro atoms. The minimum atomic E-state index is -1.17. The number of rotatable bonds is 4. The lowest BCUT2D eigenvalue weighted by Crippen LogP contribution is -2.60. The smallest absolute Gasteiger partial charge is 0.233 e. The number of likely N-dealkylation sites (N-methyl/N-ethyl adjacent to an activating group) is 1. The van der Waals surface area contributed by atoms with Crippen LogP contribution in [0, 0.1) is 0 Å². The third-order valence-electron chi connectivity index (χ3n) is 6.13. The fourth-order valence-corrected chi connectivity index (χ4v) is 4.18. The average molecular weight is 408 g/mol. The molecule has 2 aliphatic rings. The van der Waals surface area contributed by atoms with Crippen molar-refractivity contribution in [2.24, 2.45) is 0 Å². The highest BCUT2D eigenvalue weighted by molar-refractivity contribution is 5.68. The van der Waals surface area contributed by atoms with Crippen molar-refractivity contribution in [3.05, 3.63) is 54.9 Å². The van der Waals surface area contributed by atoms with Crippen molar-refractivity contribution in [3.63, 3.8) is 0 Å². The molecule has 9 heteroatoms. The number of aromatic nitrogens is 5. The summed E-state index contributed by atoms with van der Waals surface area (Å²) in [6.07, 6.45) is 5.99. The molecule has 1 N–H and O–H groups in total. The Hall–Kier alpha value is -3.33. The summed E-state index contributed by atoms with van der Waals surface area (Å²) < 4.78 is 22.5. The molecule has 2 aromatic heterocycles. The monoisotopic (exact) mass is 408 g/mol. The van der Waals surface area contributed by atoms with E-state index in [0.717, 1.165) is 0 Å². The van der Waals surface area contributed by atoms with Crippen LogP contribution in [0.3, 0.4) is 0 Å². The van der Waals surface area contributed by atoms with Crippen LogP contribution in [0.1, 0.15) is 13.3 Å². The Labute approximate surface area is 172 Å². The number of aromatic hydroxyl groups is 1. The topological polar surface area (TPSA) is 89.2 Å². The van der Waals surface area contributed by atoms with Gasteiger partial charge in [-0.25, -0.2) is 9.07 Å². The van der Waals surface area contributed by atoms with Gasteiger partial charge in [-0.05, 0) is 32.2 Å². The number of phenols is 1. The molecule has 0 radical (unpaired) electrons. The summed E-state index contributed by atoms with van der Waals surface area (Å²) >= 11 is 0. The molecule has 1 fully saturated rings. The molecular weight excluding hydrogens is 387 g/mol. The molecule has 0 amide bonds. The van der Waals surface area contributed by atoms with Gasteiger partial charge >= 0.3 is 0 Å². The summed E-state index contributed by atoms with van der Waals surface area (Å²) in [7, 11) is 1.93. The van der Waals surface area contributed by atoms with E-state index in [1.807, 2.05) is 31.0 Å². The van der Waals surface area contributed by atoms with Crippen LogP contribution in [0.2, 0.25) is 0 Å². The van der Waals surface area contributed by atoms with Gasteiger partial charge in [0.1, 0.15) is 11.9 Å². The second kappa shape index (κ2) is 6.88. The van der Waals surface area contributed by atoms with Crippen LogP contribution in [-0.2, 0) is 0 Å². The van der Waals surface area contributed by atoms with Crippen molar-refractivity contribution in [1.82, 2.24) is 30.1 Å². The number of ether oxygens (including phenoxy) is 1. The fourth-order valence-electron chi connectivity index (χ4n) is 4.18. The van der Waals surface area contributed by atoms with E-state index < -0.39 is 17.8 Å². The zero-order valence-corrected chi connectivity index (χ0v) is 16.6. The van der Waals surface area contributed by atoms with Crippen molar-refractivity contribution in [3.8, 4) is 28.6 Å². The first kappa shape index (κ1) is 18.7. The first-order valence-corrected chi connectivity index (χ1v) is 9.72. The maximum absolute atomic E-state index is 15.1. The van der Waals surface area contributed by atoms with Crippen molar-refractivity contribution in [2.75, 3.05) is 7.05 Å². The van der Waals surface area contributed by atoms with E-state index in [1.54, 1.807) is 47.4 Å². The lowest BCUT2D eigenvalue weighted by Gasteiger charge is -2.45. The molecule has 0 aliphatic carbocycles. The predicted octanol–water partition coefficient (Wildman–Crippen LogP) is 2.55. The maximum Gasteiger partial charge on any atom is 0.233 e. The van der Waals surface area contributed by atoms with E-state index in [9.17, 15) is 5.11 Å². The number of benzene rings is 1. The van der Waals surface area contributed by atoms with E-state index in [1.165, 1.54) is 0 Å². The van der Waals surface area contributed by atoms with Crippen LogP contribution in [0.5, 0.6) is 11.6 Å². The lowest BCUT2D eigenvalue weighted by molar-refractivity contribution is -0.0484. The maximum atomic E-state index is 15.1. The van der Waals surface area contributed by atoms with Gasteiger partial charge in [-0.2, -0.15) is 0 Å². The number of piperidine rings is 1. The molecule has 3 aromatic rings. The molecule has 5 rings (SSSR count). The van der Waals surface area contributed by atoms with Gasteiger partial charge in [0.15, 0.2) is 6.17 Å². The largest absolute Gasteiger partial charge is 0.507 e. The molecule has 1 unspecified atom stereocenters. The van der Waals surface area contributed by atoms with E-state index in [2.05, 4.69) is 20.5 Å². The standard InChI is InChI=1S/C21H21FN6O2/c1-21-8-7-13(27(21)2)12-18(20(21)22)30-19-6-5-16(24-25-19)15-4-3-14(11-17(15)29)28-10-9-23-26-28/h3-11,13,18,20,29H,12H2,1-2H3/t13?,18-,20+,21+/m0/s1. The number of hydrogen-bond donors (Lipinski definition) is 1. The van der Waals surface area contributed by atoms with Crippen molar-refractivity contribution < 1.29 is 14.2 Å². The Morgan fingerprint density at radius 3 is 2.80 bits per heavy atom. The van der Waals surface area contributed by atoms with Gasteiger partial charge in [-0.1, -0.05) is 17.4 Å². The second-order valence-corrected chi connectivity index (χ2v) is 7.86. The Morgan fingerprint density at radius 2 is 2.10 bits per heavy atom. The SMILES string of the molecule is CN1C2C=C[C@]1(C)[C@H](F)[C@@H](Oc1ccc(-c3ccc(-n4ccnn4)cc3O)nn1)C2. The van der Waals surface area contributed by atoms with Gasteiger partial charge in [-0.3, -0.25) is 4.90 Å². The fraction of sp³-hybridized carbons (Fsp3) is 0.333. The lowest BCUT2D eigenvalue weighted by atomic mass is 9.86. The molecule has 2 aliphatic heterocycles. The Balaban J connectivity index is 1.33. The highest BCUT2D eigenvalue weighted by Gasteiger charge is 2.52. The van der Waals surface area contributed by atoms with E-state index >= 15 is 4.39 Å². The Morgan fingerprint density at radius 1 is 1.23 bits per heavy atom. The summed E-state index contributed by atoms with van der Waals surface area (Å²) in [6, 6.07) is 8.60. The second-order valence-electron chi connectivity index (χ2n) is 7.86. The third kappa shape index (κ3) is 2.93. The van der Waals surface area contributed by atoms with Crippen LogP contribution in [0.4, 0.5) is 4.39 Å². The van der Waals surface area contributed by atoms with Gasteiger partial charge in [-0.15, -0.1) is 15.3 Å². The number of halogens is 1. The van der Waals surface area contributed by atoms with Crippen molar-refractivity contribution in [1.29, 1.82) is 0 Å². The van der Waals surface area contributed by atoms with Gasteiger partial charge in [0.05, 0.1) is 29.3 Å². The summed E-state index contributed by atoms with van der Waals surface area (Å²) in [5, 5.41) is 26.3. The number of phenolic OH excluding ortho intramolecular Hbond substituents is 1. The summed E-state index contributed by atoms with van der Waals surface area (Å²) in [5.41, 5.74) is 1.02. The Bertz CT molecular complexity index is 1090. The van der Waals surface area contributed by atoms with Crippen LogP contribution in [0.25, 0.3) is 16.9 Å². The van der Waals surface area contributed by atoms with E-state index in [0.29, 0.717) is 23.4 Å².